The van der Waals surface area contributed by atoms with Gasteiger partial charge >= 0.3 is 0 Å². The Labute approximate surface area is 169 Å². The van der Waals surface area contributed by atoms with E-state index in [1.54, 1.807) is 23.6 Å². The zero-order chi connectivity index (χ0) is 19.6. The first kappa shape index (κ1) is 20.2. The minimum atomic E-state index is 0.611. The van der Waals surface area contributed by atoms with E-state index >= 15 is 0 Å². The third kappa shape index (κ3) is 5.24. The highest BCUT2D eigenvalue weighted by atomic mass is 32.2. The second kappa shape index (κ2) is 10.7. The van der Waals surface area contributed by atoms with Crippen LogP contribution in [0.15, 0.2) is 53.7 Å². The number of methoxy groups -OCH3 is 1. The molecule has 3 aromatic rings. The van der Waals surface area contributed by atoms with Gasteiger partial charge in [-0.25, -0.2) is 0 Å². The Bertz CT molecular complexity index is 857. The van der Waals surface area contributed by atoms with Crippen LogP contribution in [0.3, 0.4) is 0 Å². The number of hydrogen-bond donors (Lipinski definition) is 1. The van der Waals surface area contributed by atoms with Gasteiger partial charge in [-0.2, -0.15) is 4.68 Å². The third-order valence-electron chi connectivity index (χ3n) is 4.06. The maximum absolute atomic E-state index is 5.75. The number of para-hydroxylation sites is 2. The molecule has 3 rings (SSSR count). The Kier molecular flexibility index (Phi) is 7.69. The summed E-state index contributed by atoms with van der Waals surface area (Å²) in [7, 11) is 1.66. The van der Waals surface area contributed by atoms with Gasteiger partial charge in [-0.05, 0) is 48.5 Å². The van der Waals surface area contributed by atoms with E-state index in [2.05, 4.69) is 26.9 Å². The second-order valence-electron chi connectivity index (χ2n) is 5.97. The van der Waals surface area contributed by atoms with E-state index < -0.39 is 0 Å². The molecule has 0 unspecified atom stereocenters. The molecule has 0 spiro atoms. The van der Waals surface area contributed by atoms with Crippen molar-refractivity contribution >= 4 is 11.8 Å². The maximum atomic E-state index is 5.75. The Balaban J connectivity index is 1.45. The summed E-state index contributed by atoms with van der Waals surface area (Å²) in [4.78, 5) is 0. The van der Waals surface area contributed by atoms with Crippen LogP contribution in [-0.4, -0.2) is 46.2 Å². The standard InChI is InChI=1S/C20H25N5O2S/c1-3-27-19-16(9-7-12-18(19)26-2)15-21-13-8-14-28-20-22-23-24-25(20)17-10-5-4-6-11-17/h4-7,9-12,21H,3,8,13-15H2,1-2H3. The number of nitrogens with one attached hydrogen (secondary N) is 1. The van der Waals surface area contributed by atoms with Gasteiger partial charge in [-0.15, -0.1) is 5.10 Å². The first-order valence-corrected chi connectivity index (χ1v) is 10.3. The zero-order valence-electron chi connectivity index (χ0n) is 16.2. The summed E-state index contributed by atoms with van der Waals surface area (Å²) < 4.78 is 12.9. The number of ether oxygens (including phenoxy) is 2. The van der Waals surface area contributed by atoms with Gasteiger partial charge in [0.2, 0.25) is 5.16 Å². The highest BCUT2D eigenvalue weighted by molar-refractivity contribution is 7.99. The van der Waals surface area contributed by atoms with Crippen molar-refractivity contribution in [1.82, 2.24) is 25.5 Å². The maximum Gasteiger partial charge on any atom is 0.214 e. The van der Waals surface area contributed by atoms with Crippen molar-refractivity contribution < 1.29 is 9.47 Å². The first-order valence-electron chi connectivity index (χ1n) is 9.29. The Morgan fingerprint density at radius 1 is 1.11 bits per heavy atom. The van der Waals surface area contributed by atoms with Crippen LogP contribution in [0.25, 0.3) is 5.69 Å². The predicted molar refractivity (Wildman–Crippen MR) is 110 cm³/mol. The van der Waals surface area contributed by atoms with Crippen molar-refractivity contribution in [3.05, 3.63) is 54.1 Å². The molecular formula is C20H25N5O2S. The molecule has 0 aliphatic rings. The molecular weight excluding hydrogens is 374 g/mol. The normalized spacial score (nSPS) is 10.8. The predicted octanol–water partition coefficient (Wildman–Crippen LogP) is 3.34. The van der Waals surface area contributed by atoms with Gasteiger partial charge < -0.3 is 14.8 Å². The Hall–Kier alpha value is -2.58. The monoisotopic (exact) mass is 399 g/mol. The van der Waals surface area contributed by atoms with Crippen LogP contribution in [0, 0.1) is 0 Å². The molecule has 0 aliphatic carbocycles. The van der Waals surface area contributed by atoms with E-state index in [0.29, 0.717) is 6.61 Å². The summed E-state index contributed by atoms with van der Waals surface area (Å²) in [5.41, 5.74) is 2.07. The highest BCUT2D eigenvalue weighted by Gasteiger charge is 2.10. The largest absolute Gasteiger partial charge is 0.493 e. The lowest BCUT2D eigenvalue weighted by molar-refractivity contribution is 0.307. The lowest BCUT2D eigenvalue weighted by Crippen LogP contribution is -2.16. The summed E-state index contributed by atoms with van der Waals surface area (Å²) >= 11 is 1.65. The van der Waals surface area contributed by atoms with Crippen molar-refractivity contribution in [2.24, 2.45) is 0 Å². The Morgan fingerprint density at radius 3 is 2.75 bits per heavy atom. The summed E-state index contributed by atoms with van der Waals surface area (Å²) in [5.74, 6) is 2.51. The third-order valence-corrected chi connectivity index (χ3v) is 5.06. The molecule has 8 heteroatoms. The Morgan fingerprint density at radius 2 is 1.96 bits per heavy atom. The van der Waals surface area contributed by atoms with Crippen LogP contribution in [0.2, 0.25) is 0 Å². The molecule has 1 aromatic heterocycles. The van der Waals surface area contributed by atoms with Crippen molar-refractivity contribution in [2.45, 2.75) is 25.0 Å². The molecule has 2 aromatic carbocycles. The first-order chi connectivity index (χ1) is 13.8. The molecule has 0 atom stereocenters. The van der Waals surface area contributed by atoms with Crippen molar-refractivity contribution in [2.75, 3.05) is 26.0 Å². The van der Waals surface area contributed by atoms with Gasteiger partial charge in [0.1, 0.15) is 0 Å². The lowest BCUT2D eigenvalue weighted by Gasteiger charge is -2.14. The number of rotatable bonds is 11. The van der Waals surface area contributed by atoms with E-state index in [1.807, 2.05) is 49.4 Å². The summed E-state index contributed by atoms with van der Waals surface area (Å²) in [5, 5.41) is 16.3. The molecule has 0 aliphatic heterocycles. The molecule has 1 heterocycles. The quantitative estimate of drug-likeness (QED) is 0.391. The van der Waals surface area contributed by atoms with E-state index in [-0.39, 0.29) is 0 Å². The van der Waals surface area contributed by atoms with E-state index in [9.17, 15) is 0 Å². The van der Waals surface area contributed by atoms with Crippen LogP contribution >= 0.6 is 11.8 Å². The van der Waals surface area contributed by atoms with Gasteiger partial charge in [0.15, 0.2) is 11.5 Å². The smallest absolute Gasteiger partial charge is 0.214 e. The number of tetrazole rings is 1. The molecule has 28 heavy (non-hydrogen) atoms. The molecule has 148 valence electrons. The van der Waals surface area contributed by atoms with Gasteiger partial charge in [0, 0.05) is 17.9 Å². The van der Waals surface area contributed by atoms with Crippen LogP contribution < -0.4 is 14.8 Å². The molecule has 0 bridgehead atoms. The number of benzene rings is 2. The van der Waals surface area contributed by atoms with E-state index in [4.69, 9.17) is 9.47 Å². The number of hydrogen-bond acceptors (Lipinski definition) is 7. The average molecular weight is 400 g/mol. The minimum absolute atomic E-state index is 0.611. The van der Waals surface area contributed by atoms with Gasteiger partial charge in [-0.3, -0.25) is 0 Å². The number of aromatic nitrogens is 4. The van der Waals surface area contributed by atoms with E-state index in [0.717, 1.165) is 53.2 Å². The fraction of sp³-hybridized carbons (Fsp3) is 0.350. The number of nitrogens with zero attached hydrogens (tertiary/aromatic N) is 4. The second-order valence-corrected chi connectivity index (χ2v) is 7.03. The molecule has 0 radical (unpaired) electrons. The number of thioether (sulfide) groups is 1. The van der Waals surface area contributed by atoms with Gasteiger partial charge in [0.05, 0.1) is 19.4 Å². The summed E-state index contributed by atoms with van der Waals surface area (Å²) in [6.45, 7) is 4.21. The van der Waals surface area contributed by atoms with Crippen molar-refractivity contribution in [1.29, 1.82) is 0 Å². The molecule has 0 fully saturated rings. The molecule has 0 amide bonds. The van der Waals surface area contributed by atoms with Crippen molar-refractivity contribution in [3.8, 4) is 17.2 Å². The van der Waals surface area contributed by atoms with Gasteiger partial charge in [0.25, 0.3) is 0 Å². The molecule has 1 N–H and O–H groups in total. The highest BCUT2D eigenvalue weighted by Crippen LogP contribution is 2.31. The fourth-order valence-corrected chi connectivity index (χ4v) is 3.58. The SMILES string of the molecule is CCOc1c(CNCCCSc2nnnn2-c2ccccc2)cccc1OC. The van der Waals surface area contributed by atoms with Crippen LogP contribution in [-0.2, 0) is 6.54 Å². The average Bonchev–Trinajstić information content (AvgIpc) is 3.21. The molecule has 7 nitrogen and oxygen atoms in total. The van der Waals surface area contributed by atoms with Crippen LogP contribution in [0.5, 0.6) is 11.5 Å². The molecule has 0 saturated carbocycles. The van der Waals surface area contributed by atoms with E-state index in [1.165, 1.54) is 0 Å². The van der Waals surface area contributed by atoms with Crippen LogP contribution in [0.1, 0.15) is 18.9 Å². The lowest BCUT2D eigenvalue weighted by atomic mass is 10.2. The molecule has 0 saturated heterocycles. The van der Waals surface area contributed by atoms with Gasteiger partial charge in [-0.1, -0.05) is 42.1 Å². The summed E-state index contributed by atoms with van der Waals surface area (Å²) in [6.07, 6.45) is 1.00. The minimum Gasteiger partial charge on any atom is -0.493 e. The fourth-order valence-electron chi connectivity index (χ4n) is 2.75. The summed E-state index contributed by atoms with van der Waals surface area (Å²) in [6, 6.07) is 15.9. The van der Waals surface area contributed by atoms with Crippen LogP contribution in [0.4, 0.5) is 0 Å². The topological polar surface area (TPSA) is 74.1 Å². The van der Waals surface area contributed by atoms with Crippen molar-refractivity contribution in [3.63, 3.8) is 0 Å². The zero-order valence-corrected chi connectivity index (χ0v) is 17.0.